The molecule has 3 aromatic rings. The first-order valence-corrected chi connectivity index (χ1v) is 7.28. The number of methoxy groups -OCH3 is 2. The monoisotopic (exact) mass is 340 g/mol. The van der Waals surface area contributed by atoms with Gasteiger partial charge in [0.2, 0.25) is 5.95 Å². The van der Waals surface area contributed by atoms with Crippen LogP contribution in [0.1, 0.15) is 10.4 Å². The summed E-state index contributed by atoms with van der Waals surface area (Å²) < 4.78 is 15.7. The summed E-state index contributed by atoms with van der Waals surface area (Å²) in [5.74, 6) is 0.938. The highest BCUT2D eigenvalue weighted by atomic mass is 16.6. The molecule has 8 nitrogen and oxygen atoms in total. The Labute approximate surface area is 143 Å². The molecule has 0 fully saturated rings. The zero-order valence-corrected chi connectivity index (χ0v) is 13.6. The Balaban J connectivity index is 1.92. The first kappa shape index (κ1) is 16.3. The molecule has 1 aromatic heterocycles. The molecule has 4 N–H and O–H groups in total. The van der Waals surface area contributed by atoms with Crippen molar-refractivity contribution in [1.29, 1.82) is 0 Å². The first-order valence-electron chi connectivity index (χ1n) is 7.28. The number of benzene rings is 2. The minimum absolute atomic E-state index is 0.0725. The van der Waals surface area contributed by atoms with Crippen LogP contribution in [0.25, 0.3) is 10.9 Å². The lowest BCUT2D eigenvalue weighted by molar-refractivity contribution is 0.0729. The maximum atomic E-state index is 12.4. The normalized spacial score (nSPS) is 10.5. The number of nitrogen functional groups attached to an aromatic ring is 2. The minimum Gasteiger partial charge on any atom is -0.497 e. The van der Waals surface area contributed by atoms with E-state index in [-0.39, 0.29) is 17.5 Å². The van der Waals surface area contributed by atoms with E-state index in [0.717, 1.165) is 0 Å². The number of ether oxygens (including phenoxy) is 3. The molecule has 0 aliphatic heterocycles. The Hall–Kier alpha value is -3.55. The molecule has 0 saturated heterocycles. The van der Waals surface area contributed by atoms with Crippen molar-refractivity contribution in [2.45, 2.75) is 0 Å². The largest absolute Gasteiger partial charge is 0.497 e. The van der Waals surface area contributed by atoms with Crippen LogP contribution in [0, 0.1) is 0 Å². The molecule has 3 rings (SSSR count). The van der Waals surface area contributed by atoms with E-state index in [1.807, 2.05) is 0 Å². The second-order valence-electron chi connectivity index (χ2n) is 5.11. The molecule has 0 unspecified atom stereocenters. The Kier molecular flexibility index (Phi) is 4.25. The number of fused-ring (bicyclic) bond motifs is 1. The number of esters is 1. The van der Waals surface area contributed by atoms with Crippen molar-refractivity contribution >= 4 is 28.6 Å². The maximum absolute atomic E-state index is 12.4. The Morgan fingerprint density at radius 1 is 0.960 bits per heavy atom. The van der Waals surface area contributed by atoms with Crippen molar-refractivity contribution in [3.63, 3.8) is 0 Å². The number of hydrogen-bond acceptors (Lipinski definition) is 8. The van der Waals surface area contributed by atoms with Gasteiger partial charge in [-0.3, -0.25) is 0 Å². The average molecular weight is 340 g/mol. The standard InChI is InChI=1S/C17H16N4O4/c1-23-10-4-6-13(14(8-10)24-2)25-16(22)9-3-5-12-11(7-9)15(18)21-17(19)20-12/h3-8H,1-2H3,(H4,18,19,20,21). The Morgan fingerprint density at radius 3 is 2.48 bits per heavy atom. The van der Waals surface area contributed by atoms with Gasteiger partial charge >= 0.3 is 5.97 Å². The van der Waals surface area contributed by atoms with E-state index in [1.54, 1.807) is 36.4 Å². The van der Waals surface area contributed by atoms with E-state index >= 15 is 0 Å². The zero-order valence-electron chi connectivity index (χ0n) is 13.6. The molecule has 0 radical (unpaired) electrons. The number of anilines is 2. The molecule has 0 aliphatic carbocycles. The van der Waals surface area contributed by atoms with Gasteiger partial charge in [-0.2, -0.15) is 4.98 Å². The quantitative estimate of drug-likeness (QED) is 0.546. The molecule has 0 saturated carbocycles. The van der Waals surface area contributed by atoms with Gasteiger partial charge in [0.1, 0.15) is 11.6 Å². The van der Waals surface area contributed by atoms with Gasteiger partial charge in [-0.1, -0.05) is 0 Å². The van der Waals surface area contributed by atoms with Gasteiger partial charge in [0.15, 0.2) is 11.5 Å². The predicted molar refractivity (Wildman–Crippen MR) is 92.9 cm³/mol. The molecular weight excluding hydrogens is 324 g/mol. The van der Waals surface area contributed by atoms with Crippen LogP contribution in [0.2, 0.25) is 0 Å². The molecule has 0 amide bonds. The number of nitrogens with two attached hydrogens (primary N) is 2. The predicted octanol–water partition coefficient (Wildman–Crippen LogP) is 2.03. The van der Waals surface area contributed by atoms with Gasteiger partial charge in [0.25, 0.3) is 0 Å². The van der Waals surface area contributed by atoms with Gasteiger partial charge in [0, 0.05) is 11.5 Å². The lowest BCUT2D eigenvalue weighted by atomic mass is 10.1. The van der Waals surface area contributed by atoms with E-state index in [2.05, 4.69) is 9.97 Å². The van der Waals surface area contributed by atoms with E-state index in [9.17, 15) is 4.79 Å². The van der Waals surface area contributed by atoms with Crippen LogP contribution in [-0.2, 0) is 0 Å². The topological polar surface area (TPSA) is 123 Å². The van der Waals surface area contributed by atoms with Gasteiger partial charge in [-0.05, 0) is 30.3 Å². The third-order valence-electron chi connectivity index (χ3n) is 3.55. The summed E-state index contributed by atoms with van der Waals surface area (Å²) in [5.41, 5.74) is 12.2. The summed E-state index contributed by atoms with van der Waals surface area (Å²) in [6.07, 6.45) is 0. The van der Waals surface area contributed by atoms with Crippen LogP contribution in [-0.4, -0.2) is 30.2 Å². The van der Waals surface area contributed by atoms with Crippen molar-refractivity contribution in [3.8, 4) is 17.2 Å². The number of hydrogen-bond donors (Lipinski definition) is 2. The lowest BCUT2D eigenvalue weighted by Gasteiger charge is -2.11. The molecule has 128 valence electrons. The zero-order chi connectivity index (χ0) is 18.0. The fraction of sp³-hybridized carbons (Fsp3) is 0.118. The summed E-state index contributed by atoms with van der Waals surface area (Å²) in [6.45, 7) is 0. The average Bonchev–Trinajstić information content (AvgIpc) is 2.61. The van der Waals surface area contributed by atoms with Crippen LogP contribution in [0.15, 0.2) is 36.4 Å². The molecular formula is C17H16N4O4. The maximum Gasteiger partial charge on any atom is 0.343 e. The third-order valence-corrected chi connectivity index (χ3v) is 3.55. The van der Waals surface area contributed by atoms with Gasteiger partial charge in [-0.15, -0.1) is 0 Å². The molecule has 0 spiro atoms. The van der Waals surface area contributed by atoms with Gasteiger partial charge in [-0.25, -0.2) is 9.78 Å². The van der Waals surface area contributed by atoms with Crippen molar-refractivity contribution in [2.24, 2.45) is 0 Å². The van der Waals surface area contributed by atoms with E-state index in [0.29, 0.717) is 28.0 Å². The minimum atomic E-state index is -0.568. The van der Waals surface area contributed by atoms with Crippen molar-refractivity contribution in [3.05, 3.63) is 42.0 Å². The summed E-state index contributed by atoms with van der Waals surface area (Å²) in [4.78, 5) is 20.4. The summed E-state index contributed by atoms with van der Waals surface area (Å²) in [7, 11) is 3.01. The molecule has 2 aromatic carbocycles. The van der Waals surface area contributed by atoms with Crippen LogP contribution in [0.5, 0.6) is 17.2 Å². The second-order valence-corrected chi connectivity index (χ2v) is 5.11. The van der Waals surface area contributed by atoms with Crippen LogP contribution in [0.4, 0.5) is 11.8 Å². The first-order chi connectivity index (χ1) is 12.0. The SMILES string of the molecule is COc1ccc(OC(=O)c2ccc3nc(N)nc(N)c3c2)c(OC)c1. The number of nitrogens with zero attached hydrogens (tertiary/aromatic N) is 2. The van der Waals surface area contributed by atoms with Crippen molar-refractivity contribution in [2.75, 3.05) is 25.7 Å². The molecule has 0 aliphatic rings. The van der Waals surface area contributed by atoms with Gasteiger partial charge < -0.3 is 25.7 Å². The summed E-state index contributed by atoms with van der Waals surface area (Å²) in [6, 6.07) is 9.65. The highest BCUT2D eigenvalue weighted by Gasteiger charge is 2.15. The van der Waals surface area contributed by atoms with E-state index < -0.39 is 5.97 Å². The third kappa shape index (κ3) is 3.23. The number of carbonyl (C=O) groups is 1. The summed E-state index contributed by atoms with van der Waals surface area (Å²) in [5, 5.41) is 0.519. The second kappa shape index (κ2) is 6.52. The molecule has 0 atom stereocenters. The molecule has 25 heavy (non-hydrogen) atoms. The van der Waals surface area contributed by atoms with Gasteiger partial charge in [0.05, 0.1) is 25.3 Å². The van der Waals surface area contributed by atoms with E-state index in [1.165, 1.54) is 14.2 Å². The number of rotatable bonds is 4. The van der Waals surface area contributed by atoms with Crippen LogP contribution < -0.4 is 25.7 Å². The van der Waals surface area contributed by atoms with Crippen molar-refractivity contribution in [1.82, 2.24) is 9.97 Å². The molecule has 8 heteroatoms. The number of carbonyl (C=O) groups excluding carboxylic acids is 1. The van der Waals surface area contributed by atoms with Crippen LogP contribution >= 0.6 is 0 Å². The lowest BCUT2D eigenvalue weighted by Crippen LogP contribution is -2.10. The van der Waals surface area contributed by atoms with E-state index in [4.69, 9.17) is 25.7 Å². The Bertz CT molecular complexity index is 959. The smallest absolute Gasteiger partial charge is 0.343 e. The van der Waals surface area contributed by atoms with Crippen molar-refractivity contribution < 1.29 is 19.0 Å². The highest BCUT2D eigenvalue weighted by molar-refractivity contribution is 5.98. The number of aromatic nitrogens is 2. The molecule has 1 heterocycles. The fourth-order valence-corrected chi connectivity index (χ4v) is 2.32. The fourth-order valence-electron chi connectivity index (χ4n) is 2.32. The molecule has 0 bridgehead atoms. The Morgan fingerprint density at radius 2 is 1.76 bits per heavy atom. The van der Waals surface area contributed by atoms with Crippen LogP contribution in [0.3, 0.4) is 0 Å². The summed E-state index contributed by atoms with van der Waals surface area (Å²) >= 11 is 0. The highest BCUT2D eigenvalue weighted by Crippen LogP contribution is 2.32.